The molecule has 1 rings (SSSR count). The number of benzene rings is 1. The van der Waals surface area contributed by atoms with Gasteiger partial charge in [-0.3, -0.25) is 0 Å². The van der Waals surface area contributed by atoms with E-state index in [2.05, 4.69) is 26.0 Å². The fourth-order valence-electron chi connectivity index (χ4n) is 1.26. The minimum Gasteiger partial charge on any atom is -0.497 e. The van der Waals surface area contributed by atoms with E-state index >= 15 is 0 Å². The second-order valence-electron chi connectivity index (χ2n) is 3.30. The molecule has 17 heavy (non-hydrogen) atoms. The largest absolute Gasteiger partial charge is 0.497 e. The second-order valence-corrected chi connectivity index (χ2v) is 4.16. The lowest BCUT2D eigenvalue weighted by atomic mass is 10.2. The molecule has 6 heteroatoms. The molecule has 5 nitrogen and oxygen atoms in total. The molecule has 0 saturated carbocycles. The summed E-state index contributed by atoms with van der Waals surface area (Å²) in [6.07, 6.45) is -0.755. The molecule has 0 aliphatic heterocycles. The van der Waals surface area contributed by atoms with Crippen molar-refractivity contribution >= 4 is 22.0 Å². The molecule has 0 aliphatic rings. The van der Waals surface area contributed by atoms with Crippen LogP contribution in [0, 0.1) is 0 Å². The first-order chi connectivity index (χ1) is 8.13. The van der Waals surface area contributed by atoms with Gasteiger partial charge in [-0.05, 0) is 23.8 Å². The standard InChI is InChI=1S/C11H15BrN2O3/c1-16-9-2-3-10(12)8(6-9)7-14-4-5-17-11(13)15/h2-3,6,14H,4-5,7H2,1H3,(H2,13,15). The van der Waals surface area contributed by atoms with E-state index in [1.165, 1.54) is 0 Å². The monoisotopic (exact) mass is 302 g/mol. The van der Waals surface area contributed by atoms with Crippen molar-refractivity contribution in [1.82, 2.24) is 5.32 Å². The maximum atomic E-state index is 10.3. The van der Waals surface area contributed by atoms with E-state index in [0.717, 1.165) is 15.8 Å². The topological polar surface area (TPSA) is 73.6 Å². The van der Waals surface area contributed by atoms with Gasteiger partial charge in [-0.15, -0.1) is 0 Å². The van der Waals surface area contributed by atoms with Gasteiger partial charge in [0.1, 0.15) is 12.4 Å². The third-order valence-electron chi connectivity index (χ3n) is 2.09. The highest BCUT2D eigenvalue weighted by molar-refractivity contribution is 9.10. The van der Waals surface area contributed by atoms with Crippen molar-refractivity contribution in [2.75, 3.05) is 20.3 Å². The number of halogens is 1. The highest BCUT2D eigenvalue weighted by atomic mass is 79.9. The van der Waals surface area contributed by atoms with Gasteiger partial charge in [0.05, 0.1) is 7.11 Å². The molecule has 0 aliphatic carbocycles. The highest BCUT2D eigenvalue weighted by Crippen LogP contribution is 2.22. The summed E-state index contributed by atoms with van der Waals surface area (Å²) in [5.74, 6) is 0.804. The van der Waals surface area contributed by atoms with Gasteiger partial charge in [0.25, 0.3) is 0 Å². The van der Waals surface area contributed by atoms with Crippen LogP contribution in [-0.2, 0) is 11.3 Å². The lowest BCUT2D eigenvalue weighted by Gasteiger charge is -2.08. The lowest BCUT2D eigenvalue weighted by Crippen LogP contribution is -2.23. The van der Waals surface area contributed by atoms with Gasteiger partial charge < -0.3 is 20.5 Å². The van der Waals surface area contributed by atoms with Crippen molar-refractivity contribution in [1.29, 1.82) is 0 Å². The summed E-state index contributed by atoms with van der Waals surface area (Å²) >= 11 is 3.45. The molecular formula is C11H15BrN2O3. The zero-order valence-corrected chi connectivity index (χ0v) is 11.1. The number of hydrogen-bond donors (Lipinski definition) is 2. The molecule has 0 atom stereocenters. The Kier molecular flexibility index (Phi) is 5.79. The van der Waals surface area contributed by atoms with E-state index in [-0.39, 0.29) is 6.61 Å². The molecule has 1 amide bonds. The van der Waals surface area contributed by atoms with Crippen molar-refractivity contribution in [2.24, 2.45) is 5.73 Å². The Hall–Kier alpha value is -1.27. The van der Waals surface area contributed by atoms with Gasteiger partial charge >= 0.3 is 6.09 Å². The summed E-state index contributed by atoms with van der Waals surface area (Å²) in [6, 6.07) is 5.74. The number of amides is 1. The summed E-state index contributed by atoms with van der Waals surface area (Å²) < 4.78 is 10.7. The van der Waals surface area contributed by atoms with Gasteiger partial charge in [0, 0.05) is 17.6 Å². The summed E-state index contributed by atoms with van der Waals surface area (Å²) in [5.41, 5.74) is 5.91. The van der Waals surface area contributed by atoms with Gasteiger partial charge in [-0.1, -0.05) is 15.9 Å². The zero-order valence-electron chi connectivity index (χ0n) is 9.53. The fourth-order valence-corrected chi connectivity index (χ4v) is 1.65. The molecule has 0 saturated heterocycles. The lowest BCUT2D eigenvalue weighted by molar-refractivity contribution is 0.157. The number of nitrogens with two attached hydrogens (primary N) is 1. The Morgan fingerprint density at radius 3 is 2.94 bits per heavy atom. The molecule has 0 fully saturated rings. The first-order valence-electron chi connectivity index (χ1n) is 5.09. The van der Waals surface area contributed by atoms with Crippen LogP contribution in [0.4, 0.5) is 4.79 Å². The molecule has 0 spiro atoms. The molecule has 94 valence electrons. The number of carbonyl (C=O) groups excluding carboxylic acids is 1. The van der Waals surface area contributed by atoms with E-state index in [1.54, 1.807) is 7.11 Å². The molecular weight excluding hydrogens is 288 g/mol. The molecule has 1 aromatic rings. The number of nitrogens with one attached hydrogen (secondary N) is 1. The number of hydrogen-bond acceptors (Lipinski definition) is 4. The van der Waals surface area contributed by atoms with Gasteiger partial charge in [-0.2, -0.15) is 0 Å². The Labute approximate surface area is 108 Å². The van der Waals surface area contributed by atoms with E-state index in [9.17, 15) is 4.79 Å². The molecule has 0 unspecified atom stereocenters. The molecule has 1 aromatic carbocycles. The molecule has 0 heterocycles. The summed E-state index contributed by atoms with van der Waals surface area (Å²) in [5, 5.41) is 3.13. The minimum atomic E-state index is -0.755. The van der Waals surface area contributed by atoms with Crippen LogP contribution in [0.3, 0.4) is 0 Å². The maximum Gasteiger partial charge on any atom is 0.404 e. The maximum absolute atomic E-state index is 10.3. The predicted molar refractivity (Wildman–Crippen MR) is 67.9 cm³/mol. The third-order valence-corrected chi connectivity index (χ3v) is 2.87. The van der Waals surface area contributed by atoms with Gasteiger partial charge in [0.2, 0.25) is 0 Å². The number of ether oxygens (including phenoxy) is 2. The number of carbonyl (C=O) groups is 1. The Morgan fingerprint density at radius 2 is 2.29 bits per heavy atom. The average molecular weight is 303 g/mol. The van der Waals surface area contributed by atoms with E-state index in [4.69, 9.17) is 10.5 Å². The number of methoxy groups -OCH3 is 1. The van der Waals surface area contributed by atoms with E-state index in [1.807, 2.05) is 18.2 Å². The SMILES string of the molecule is COc1ccc(Br)c(CNCCOC(N)=O)c1. The molecule has 0 bridgehead atoms. The van der Waals surface area contributed by atoms with Crippen LogP contribution in [0.1, 0.15) is 5.56 Å². The first-order valence-corrected chi connectivity index (χ1v) is 5.88. The Morgan fingerprint density at radius 1 is 1.53 bits per heavy atom. The van der Waals surface area contributed by atoms with Crippen LogP contribution in [0.25, 0.3) is 0 Å². The summed E-state index contributed by atoms with van der Waals surface area (Å²) in [4.78, 5) is 10.3. The zero-order chi connectivity index (χ0) is 12.7. The normalized spacial score (nSPS) is 10.0. The van der Waals surface area contributed by atoms with Crippen molar-refractivity contribution in [2.45, 2.75) is 6.54 Å². The average Bonchev–Trinajstić information content (AvgIpc) is 2.30. The predicted octanol–water partition coefficient (Wildman–Crippen LogP) is 1.64. The van der Waals surface area contributed by atoms with Crippen molar-refractivity contribution in [3.05, 3.63) is 28.2 Å². The second kappa shape index (κ2) is 7.13. The van der Waals surface area contributed by atoms with Crippen molar-refractivity contribution in [3.8, 4) is 5.75 Å². The number of rotatable bonds is 6. The van der Waals surface area contributed by atoms with Crippen LogP contribution in [0.15, 0.2) is 22.7 Å². The van der Waals surface area contributed by atoms with Crippen LogP contribution >= 0.6 is 15.9 Å². The molecule has 0 aromatic heterocycles. The quantitative estimate of drug-likeness (QED) is 0.784. The first kappa shape index (κ1) is 13.8. The molecule has 0 radical (unpaired) electrons. The Balaban J connectivity index is 2.38. The smallest absolute Gasteiger partial charge is 0.404 e. The van der Waals surface area contributed by atoms with Crippen LogP contribution in [-0.4, -0.2) is 26.4 Å². The van der Waals surface area contributed by atoms with E-state index < -0.39 is 6.09 Å². The van der Waals surface area contributed by atoms with Crippen LogP contribution in [0.2, 0.25) is 0 Å². The van der Waals surface area contributed by atoms with Crippen molar-refractivity contribution < 1.29 is 14.3 Å². The van der Waals surface area contributed by atoms with Crippen molar-refractivity contribution in [3.63, 3.8) is 0 Å². The van der Waals surface area contributed by atoms with E-state index in [0.29, 0.717) is 13.1 Å². The van der Waals surface area contributed by atoms with Gasteiger partial charge in [0.15, 0.2) is 0 Å². The Bertz CT molecular complexity index is 385. The van der Waals surface area contributed by atoms with Crippen LogP contribution < -0.4 is 15.8 Å². The highest BCUT2D eigenvalue weighted by Gasteiger charge is 2.02. The summed E-state index contributed by atoms with van der Waals surface area (Å²) in [6.45, 7) is 1.46. The summed E-state index contributed by atoms with van der Waals surface area (Å²) in [7, 11) is 1.63. The fraction of sp³-hybridized carbons (Fsp3) is 0.364. The molecule has 3 N–H and O–H groups in total. The minimum absolute atomic E-state index is 0.261. The van der Waals surface area contributed by atoms with Crippen LogP contribution in [0.5, 0.6) is 5.75 Å². The number of primary amides is 1. The third kappa shape index (κ3) is 5.06. The van der Waals surface area contributed by atoms with Gasteiger partial charge in [-0.25, -0.2) is 4.79 Å².